The van der Waals surface area contributed by atoms with Gasteiger partial charge >= 0.3 is 30.1 Å². The van der Waals surface area contributed by atoms with Crippen molar-refractivity contribution in [3.8, 4) is 0 Å². The third-order valence-electron chi connectivity index (χ3n) is 2.23. The van der Waals surface area contributed by atoms with Crippen molar-refractivity contribution in [2.24, 2.45) is 0 Å². The van der Waals surface area contributed by atoms with E-state index in [0.717, 1.165) is 6.20 Å². The summed E-state index contributed by atoms with van der Waals surface area (Å²) in [7, 11) is 0. The van der Waals surface area contributed by atoms with Crippen molar-refractivity contribution in [2.45, 2.75) is 24.1 Å². The monoisotopic (exact) mass is 361 g/mol. The van der Waals surface area contributed by atoms with E-state index in [-0.39, 0.29) is 5.32 Å². The highest BCUT2D eigenvalue weighted by atomic mass is 32.1. The van der Waals surface area contributed by atoms with Crippen LogP contribution in [0.1, 0.15) is 0 Å². The first-order valence-electron chi connectivity index (χ1n) is 4.91. The van der Waals surface area contributed by atoms with Gasteiger partial charge < -0.3 is 5.32 Å². The van der Waals surface area contributed by atoms with Crippen LogP contribution in [-0.2, 0) is 0 Å². The van der Waals surface area contributed by atoms with Crippen molar-refractivity contribution < 1.29 is 44.3 Å². The predicted octanol–water partition coefficient (Wildman–Crippen LogP) is 3.69. The molecule has 2 N–H and O–H groups in total. The first-order chi connectivity index (χ1) is 9.72. The van der Waals surface area contributed by atoms with Crippen LogP contribution < -0.4 is 10.6 Å². The molecule has 1 aromatic heterocycles. The number of amides is 2. The molecule has 0 aliphatic carbocycles. The summed E-state index contributed by atoms with van der Waals surface area (Å²) in [6.45, 7) is 0. The lowest BCUT2D eigenvalue weighted by Gasteiger charge is -2.38. The number of alkyl halides is 9. The summed E-state index contributed by atoms with van der Waals surface area (Å²) in [6.07, 6.45) is -19.6. The summed E-state index contributed by atoms with van der Waals surface area (Å²) in [5, 5.41) is 1.97. The minimum absolute atomic E-state index is 0.0697. The molecule has 4 nitrogen and oxygen atoms in total. The van der Waals surface area contributed by atoms with E-state index < -0.39 is 35.2 Å². The molecule has 1 heterocycles. The fraction of sp³-hybridized carbons (Fsp3) is 0.500. The zero-order valence-corrected chi connectivity index (χ0v) is 10.6. The molecule has 0 bridgehead atoms. The quantitative estimate of drug-likeness (QED) is 0.790. The summed E-state index contributed by atoms with van der Waals surface area (Å²) in [4.78, 5) is 14.4. The lowest BCUT2D eigenvalue weighted by molar-refractivity contribution is -0.386. The first-order valence-corrected chi connectivity index (χ1v) is 5.79. The Balaban J connectivity index is 3.24. The summed E-state index contributed by atoms with van der Waals surface area (Å²) in [5.74, 6) is 0. The molecule has 2 amide bonds. The summed E-state index contributed by atoms with van der Waals surface area (Å²) >= 11 is 0.573. The van der Waals surface area contributed by atoms with E-state index in [1.165, 1.54) is 10.7 Å². The number of hydrogen-bond acceptors (Lipinski definition) is 3. The predicted molar refractivity (Wildman–Crippen MR) is 55.2 cm³/mol. The molecular weight excluding hydrogens is 357 g/mol. The van der Waals surface area contributed by atoms with Crippen LogP contribution in [0.5, 0.6) is 0 Å². The second-order valence-corrected chi connectivity index (χ2v) is 4.55. The van der Waals surface area contributed by atoms with Crippen LogP contribution in [0.25, 0.3) is 0 Å². The molecule has 22 heavy (non-hydrogen) atoms. The van der Waals surface area contributed by atoms with Gasteiger partial charge in [-0.15, -0.1) is 11.3 Å². The molecule has 0 aliphatic rings. The van der Waals surface area contributed by atoms with Gasteiger partial charge in [-0.05, 0) is 0 Å². The van der Waals surface area contributed by atoms with Gasteiger partial charge in [-0.25, -0.2) is 9.78 Å². The second-order valence-electron chi connectivity index (χ2n) is 3.66. The molecule has 1 aromatic rings. The number of aromatic nitrogens is 1. The number of carbonyl (C=O) groups is 1. The van der Waals surface area contributed by atoms with Gasteiger partial charge in [0.2, 0.25) is 0 Å². The number of nitrogens with one attached hydrogen (secondary N) is 2. The molecule has 0 unspecified atom stereocenters. The van der Waals surface area contributed by atoms with E-state index in [2.05, 4.69) is 4.98 Å². The Kier molecular flexibility index (Phi) is 4.56. The molecule has 0 radical (unpaired) electrons. The number of carbonyl (C=O) groups excluding carboxylic acids is 1. The van der Waals surface area contributed by atoms with Crippen LogP contribution in [0.2, 0.25) is 0 Å². The van der Waals surface area contributed by atoms with Crippen molar-refractivity contribution in [1.29, 1.82) is 0 Å². The highest BCUT2D eigenvalue weighted by Gasteiger charge is 2.84. The Hall–Kier alpha value is -1.73. The highest BCUT2D eigenvalue weighted by molar-refractivity contribution is 7.13. The van der Waals surface area contributed by atoms with Crippen LogP contribution in [0, 0.1) is 0 Å². The molecule has 14 heteroatoms. The van der Waals surface area contributed by atoms with Gasteiger partial charge in [0.1, 0.15) is 0 Å². The molecule has 0 fully saturated rings. The van der Waals surface area contributed by atoms with Gasteiger partial charge in [-0.3, -0.25) is 5.32 Å². The van der Waals surface area contributed by atoms with Crippen molar-refractivity contribution in [3.63, 3.8) is 0 Å². The van der Waals surface area contributed by atoms with Gasteiger partial charge in [-0.2, -0.15) is 39.5 Å². The molecule has 0 atom stereocenters. The van der Waals surface area contributed by atoms with Crippen LogP contribution in [0.15, 0.2) is 11.6 Å². The van der Waals surface area contributed by atoms with Gasteiger partial charge in [0.05, 0.1) is 0 Å². The lowest BCUT2D eigenvalue weighted by atomic mass is 9.97. The van der Waals surface area contributed by atoms with E-state index in [0.29, 0.717) is 11.3 Å². The van der Waals surface area contributed by atoms with E-state index >= 15 is 0 Å². The maximum Gasteiger partial charge on any atom is 0.429 e. The summed E-state index contributed by atoms with van der Waals surface area (Å²) in [5.41, 5.74) is -6.41. The van der Waals surface area contributed by atoms with E-state index in [1.54, 1.807) is 0 Å². The lowest BCUT2D eigenvalue weighted by Crippen LogP contribution is -2.75. The van der Waals surface area contributed by atoms with E-state index in [9.17, 15) is 44.3 Å². The van der Waals surface area contributed by atoms with Crippen molar-refractivity contribution in [1.82, 2.24) is 10.3 Å². The maximum absolute atomic E-state index is 12.5. The molecule has 0 spiro atoms. The first kappa shape index (κ1) is 18.3. The minimum atomic E-state index is -6.87. The second kappa shape index (κ2) is 5.48. The van der Waals surface area contributed by atoms with Gasteiger partial charge in [0.25, 0.3) is 0 Å². The van der Waals surface area contributed by atoms with E-state index in [1.807, 2.05) is 0 Å². The Morgan fingerprint density at radius 1 is 0.955 bits per heavy atom. The zero-order chi connectivity index (χ0) is 17.4. The number of hydrogen-bond donors (Lipinski definition) is 2. The van der Waals surface area contributed by atoms with Gasteiger partial charge in [0, 0.05) is 11.6 Å². The molecule has 0 saturated carbocycles. The number of halogens is 9. The number of urea groups is 1. The van der Waals surface area contributed by atoms with Crippen LogP contribution >= 0.6 is 11.3 Å². The molecule has 1 rings (SSSR count). The highest BCUT2D eigenvalue weighted by Crippen LogP contribution is 2.52. The number of anilines is 1. The zero-order valence-electron chi connectivity index (χ0n) is 9.82. The third kappa shape index (κ3) is 3.20. The average Bonchev–Trinajstić information content (AvgIpc) is 2.73. The standard InChI is InChI=1S/C8H4F9N3OS/c9-6(10,11)5(7(12,13)14,8(15,16)17)20-3(21)19-4-18-1-2-22-4/h1-2H,(H2,18,19,20,21). The number of nitrogens with zero attached hydrogens (tertiary/aromatic N) is 1. The molecule has 0 aromatic carbocycles. The van der Waals surface area contributed by atoms with Crippen molar-refractivity contribution in [2.75, 3.05) is 5.32 Å². The topological polar surface area (TPSA) is 54.0 Å². The largest absolute Gasteiger partial charge is 0.429 e. The minimum Gasteiger partial charge on any atom is -0.308 e. The Labute approximate surface area is 119 Å². The van der Waals surface area contributed by atoms with Crippen molar-refractivity contribution >= 4 is 22.5 Å². The van der Waals surface area contributed by atoms with Gasteiger partial charge in [-0.1, -0.05) is 0 Å². The van der Waals surface area contributed by atoms with Crippen molar-refractivity contribution in [3.05, 3.63) is 11.6 Å². The van der Waals surface area contributed by atoms with Gasteiger partial charge in [0.15, 0.2) is 5.13 Å². The Morgan fingerprint density at radius 3 is 1.73 bits per heavy atom. The average molecular weight is 361 g/mol. The van der Waals surface area contributed by atoms with Crippen LogP contribution in [0.4, 0.5) is 49.4 Å². The normalized spacial score (nSPS) is 13.9. The Bertz CT molecular complexity index is 482. The number of thiazole rings is 1. The van der Waals surface area contributed by atoms with Crippen LogP contribution in [0.3, 0.4) is 0 Å². The third-order valence-corrected chi connectivity index (χ3v) is 2.92. The Morgan fingerprint density at radius 2 is 1.41 bits per heavy atom. The molecule has 0 saturated heterocycles. The maximum atomic E-state index is 12.5. The fourth-order valence-electron chi connectivity index (χ4n) is 1.28. The summed E-state index contributed by atoms with van der Waals surface area (Å²) in [6, 6.07) is -2.36. The molecule has 0 aliphatic heterocycles. The fourth-order valence-corrected chi connectivity index (χ4v) is 1.80. The summed E-state index contributed by atoms with van der Waals surface area (Å²) < 4.78 is 113. The smallest absolute Gasteiger partial charge is 0.308 e. The number of rotatable bonds is 2. The molecular formula is C8H4F9N3OS. The van der Waals surface area contributed by atoms with E-state index in [4.69, 9.17) is 0 Å². The SMILES string of the molecule is O=C(Nc1nccs1)NC(C(F)(F)F)(C(F)(F)F)C(F)(F)F. The van der Waals surface area contributed by atoms with Crippen LogP contribution in [-0.4, -0.2) is 35.1 Å². The molecule has 126 valence electrons.